The second-order valence-corrected chi connectivity index (χ2v) is 19.9. The zero-order chi connectivity index (χ0) is 39.2. The summed E-state index contributed by atoms with van der Waals surface area (Å²) in [6.07, 6.45) is 2.83. The third-order valence-electron chi connectivity index (χ3n) is 11.5. The average molecular weight is 789 g/mol. The molecule has 0 bridgehead atoms. The lowest BCUT2D eigenvalue weighted by molar-refractivity contribution is -0.146. The van der Waals surface area contributed by atoms with Crippen LogP contribution in [0.3, 0.4) is 0 Å². The number of amides is 2. The van der Waals surface area contributed by atoms with Crippen molar-refractivity contribution in [1.82, 2.24) is 15.0 Å². The molecule has 5 atom stereocenters. The van der Waals surface area contributed by atoms with Gasteiger partial charge in [-0.05, 0) is 66.5 Å². The number of anilines is 2. The van der Waals surface area contributed by atoms with Crippen LogP contribution in [-0.2, 0) is 33.0 Å². The van der Waals surface area contributed by atoms with Gasteiger partial charge >= 0.3 is 0 Å². The minimum atomic E-state index is -2.91. The zero-order valence-corrected chi connectivity index (χ0v) is 33.4. The summed E-state index contributed by atoms with van der Waals surface area (Å²) in [6, 6.07) is 32.6. The first-order valence-corrected chi connectivity index (χ1v) is 22.5. The number of hydrogen-bond acceptors (Lipinski definition) is 8. The Hall–Kier alpha value is -4.98. The summed E-state index contributed by atoms with van der Waals surface area (Å²) in [4.78, 5) is 41.4. The Morgan fingerprint density at radius 1 is 0.964 bits per heavy atom. The third-order valence-corrected chi connectivity index (χ3v) is 14.3. The maximum Gasteiger partial charge on any atom is 0.264 e. The van der Waals surface area contributed by atoms with E-state index in [1.54, 1.807) is 15.6 Å². The maximum absolute atomic E-state index is 14.9. The van der Waals surface area contributed by atoms with E-state index in [1.165, 1.54) is 5.01 Å². The van der Waals surface area contributed by atoms with E-state index >= 15 is 0 Å². The second kappa shape index (κ2) is 15.2. The highest BCUT2D eigenvalue weighted by Gasteiger charge is 2.66. The van der Waals surface area contributed by atoms with E-state index in [0.717, 1.165) is 22.4 Å². The summed E-state index contributed by atoms with van der Waals surface area (Å²) in [7, 11) is -2.91. The van der Waals surface area contributed by atoms with Gasteiger partial charge in [0.25, 0.3) is 5.91 Å². The van der Waals surface area contributed by atoms with Crippen molar-refractivity contribution in [3.63, 3.8) is 0 Å². The first kappa shape index (κ1) is 37.9. The molecule has 0 radical (unpaired) electrons. The molecule has 8 rings (SSSR count). The number of aromatic nitrogens is 3. The molecular formula is C43H45ClN6O5Si. The van der Waals surface area contributed by atoms with Crippen LogP contribution in [0.2, 0.25) is 23.7 Å². The van der Waals surface area contributed by atoms with E-state index in [1.807, 2.05) is 123 Å². The fourth-order valence-electron chi connectivity index (χ4n) is 8.89. The SMILES string of the molecule is C[C@H]1[C@H]([Si](C)(C)O)[C@@H](CCn2cc(C(CO)c3ccccc3)nn2)O[C@]12C(=O)N(Cc1ccc(N3N=C(c4ccccc4)CCC3=O)cc1)c1ccc(Cl)cc12. The van der Waals surface area contributed by atoms with E-state index < -0.39 is 20.0 Å². The van der Waals surface area contributed by atoms with Crippen molar-refractivity contribution in [3.8, 4) is 0 Å². The highest BCUT2D eigenvalue weighted by molar-refractivity contribution is 6.71. The van der Waals surface area contributed by atoms with Crippen LogP contribution in [0.15, 0.2) is 114 Å². The third kappa shape index (κ3) is 6.90. The maximum atomic E-state index is 14.9. The van der Waals surface area contributed by atoms with E-state index in [-0.39, 0.29) is 42.3 Å². The number of aliphatic hydroxyl groups is 1. The number of nitrogens with zero attached hydrogens (tertiary/aromatic N) is 6. The molecule has 5 aromatic rings. The number of carbonyl (C=O) groups is 2. The van der Waals surface area contributed by atoms with Crippen LogP contribution < -0.4 is 9.91 Å². The Balaban J connectivity index is 1.04. The number of halogens is 1. The molecule has 288 valence electrons. The summed E-state index contributed by atoms with van der Waals surface area (Å²) >= 11 is 6.62. The standard InChI is InChI=1S/C43H45ClN6O5Si/c1-28-41(56(2,3)54)39(22-23-48-26-37(45-47-48)34(27-51)30-10-6-4-7-11-30)55-43(28)35-24-32(44)16-20-38(35)49(42(43)53)25-29-14-17-33(18-15-29)50-40(52)21-19-36(46-50)31-12-8-5-9-13-31/h4-18,20,24,26,28,34,39,41,51,54H,19,21-23,25,27H2,1-3H3/t28-,34?,39+,41-,43+/m0/s1. The van der Waals surface area contributed by atoms with Gasteiger partial charge in [-0.1, -0.05) is 96.5 Å². The van der Waals surface area contributed by atoms with Crippen LogP contribution in [0, 0.1) is 5.92 Å². The van der Waals surface area contributed by atoms with E-state index in [0.29, 0.717) is 53.5 Å². The zero-order valence-electron chi connectivity index (χ0n) is 31.6. The van der Waals surface area contributed by atoms with E-state index in [4.69, 9.17) is 21.4 Å². The summed E-state index contributed by atoms with van der Waals surface area (Å²) in [5, 5.41) is 25.6. The van der Waals surface area contributed by atoms with E-state index in [9.17, 15) is 19.5 Å². The van der Waals surface area contributed by atoms with Crippen molar-refractivity contribution in [1.29, 1.82) is 0 Å². The second-order valence-electron chi connectivity index (χ2n) is 15.5. The molecular weight excluding hydrogens is 744 g/mol. The molecule has 13 heteroatoms. The summed E-state index contributed by atoms with van der Waals surface area (Å²) < 4.78 is 8.75. The van der Waals surface area contributed by atoms with Gasteiger partial charge in [0.1, 0.15) is 0 Å². The Morgan fingerprint density at radius 3 is 2.38 bits per heavy atom. The quantitative estimate of drug-likeness (QED) is 0.138. The molecule has 4 heterocycles. The molecule has 0 saturated carbocycles. The monoisotopic (exact) mass is 788 g/mol. The Bertz CT molecular complexity index is 2260. The normalized spacial score (nSPS) is 22.8. The molecule has 4 aromatic carbocycles. The Kier molecular flexibility index (Phi) is 10.3. The van der Waals surface area contributed by atoms with Crippen molar-refractivity contribution in [3.05, 3.63) is 142 Å². The number of benzene rings is 4. The van der Waals surface area contributed by atoms with Crippen molar-refractivity contribution >= 4 is 48.8 Å². The summed E-state index contributed by atoms with van der Waals surface area (Å²) in [6.45, 7) is 6.42. The van der Waals surface area contributed by atoms with Crippen LogP contribution in [0.4, 0.5) is 11.4 Å². The molecule has 1 spiro atoms. The van der Waals surface area contributed by atoms with Crippen LogP contribution in [0.1, 0.15) is 60.1 Å². The van der Waals surface area contributed by atoms with Crippen LogP contribution in [-0.4, -0.2) is 63.5 Å². The minimum Gasteiger partial charge on any atom is -0.432 e. The predicted octanol–water partition coefficient (Wildman–Crippen LogP) is 7.02. The molecule has 11 nitrogen and oxygen atoms in total. The highest BCUT2D eigenvalue weighted by Crippen LogP contribution is 2.60. The molecule has 2 amide bonds. The fraction of sp³-hybridized carbons (Fsp3) is 0.326. The van der Waals surface area contributed by atoms with Crippen LogP contribution in [0.5, 0.6) is 0 Å². The lowest BCUT2D eigenvalue weighted by atomic mass is 9.82. The van der Waals surface area contributed by atoms with Crippen LogP contribution >= 0.6 is 11.6 Å². The molecule has 2 N–H and O–H groups in total. The number of rotatable bonds is 11. The number of ether oxygens (including phenoxy) is 1. The predicted molar refractivity (Wildman–Crippen MR) is 218 cm³/mol. The van der Waals surface area contributed by atoms with Gasteiger partial charge in [0.05, 0.1) is 48.0 Å². The number of aliphatic hydroxyl groups excluding tert-OH is 1. The minimum absolute atomic E-state index is 0.0717. The molecule has 1 unspecified atom stereocenters. The fourth-order valence-corrected chi connectivity index (χ4v) is 11.7. The van der Waals surface area contributed by atoms with Crippen molar-refractivity contribution in [2.24, 2.45) is 11.0 Å². The van der Waals surface area contributed by atoms with Gasteiger partial charge in [-0.25, -0.2) is 5.01 Å². The lowest BCUT2D eigenvalue weighted by Gasteiger charge is -2.32. The summed E-state index contributed by atoms with van der Waals surface area (Å²) in [5.41, 5.74) is 4.76. The molecule has 1 saturated heterocycles. The molecule has 1 fully saturated rings. The molecule has 0 aliphatic carbocycles. The number of fused-ring (bicyclic) bond motifs is 2. The van der Waals surface area contributed by atoms with Crippen molar-refractivity contribution in [2.45, 2.75) is 75.5 Å². The largest absolute Gasteiger partial charge is 0.432 e. The van der Waals surface area contributed by atoms with Gasteiger partial charge in [0.15, 0.2) is 13.9 Å². The average Bonchev–Trinajstić information content (AvgIpc) is 3.85. The Morgan fingerprint density at radius 2 is 1.68 bits per heavy atom. The van der Waals surface area contributed by atoms with Gasteiger partial charge in [-0.2, -0.15) is 5.10 Å². The van der Waals surface area contributed by atoms with Crippen molar-refractivity contribution < 1.29 is 24.2 Å². The number of hydrogen-bond donors (Lipinski definition) is 2. The van der Waals surface area contributed by atoms with Gasteiger partial charge in [-0.15, -0.1) is 5.10 Å². The van der Waals surface area contributed by atoms with Gasteiger partial charge < -0.3 is 19.5 Å². The number of carbonyl (C=O) groups excluding carboxylic acids is 2. The first-order valence-electron chi connectivity index (χ1n) is 19.1. The highest BCUT2D eigenvalue weighted by atomic mass is 35.5. The van der Waals surface area contributed by atoms with Gasteiger partial charge in [0, 0.05) is 47.6 Å². The number of hydrazone groups is 1. The Labute approximate surface area is 332 Å². The van der Waals surface area contributed by atoms with Crippen LogP contribution in [0.25, 0.3) is 0 Å². The first-order chi connectivity index (χ1) is 27.0. The molecule has 1 aromatic heterocycles. The van der Waals surface area contributed by atoms with Crippen molar-refractivity contribution in [2.75, 3.05) is 16.5 Å². The van der Waals surface area contributed by atoms with Gasteiger partial charge in [-0.3, -0.25) is 14.3 Å². The molecule has 3 aliphatic heterocycles. The topological polar surface area (TPSA) is 133 Å². The lowest BCUT2D eigenvalue weighted by Crippen LogP contribution is -2.46. The summed E-state index contributed by atoms with van der Waals surface area (Å²) in [5.74, 6) is -0.934. The smallest absolute Gasteiger partial charge is 0.264 e. The number of aryl methyl sites for hydroxylation is 1. The molecule has 56 heavy (non-hydrogen) atoms. The van der Waals surface area contributed by atoms with E-state index in [2.05, 4.69) is 10.3 Å². The molecule has 3 aliphatic rings. The van der Waals surface area contributed by atoms with Gasteiger partial charge in [0.2, 0.25) is 5.91 Å².